The molecule has 1 nitrogen and oxygen atoms in total. The first-order valence-electron chi connectivity index (χ1n) is 8.38. The van der Waals surface area contributed by atoms with Gasteiger partial charge in [-0.15, -0.1) is 0 Å². The van der Waals surface area contributed by atoms with Crippen LogP contribution in [0.5, 0.6) is 0 Å². The van der Waals surface area contributed by atoms with Gasteiger partial charge < -0.3 is 0 Å². The molecule has 2 aromatic carbocycles. The van der Waals surface area contributed by atoms with E-state index < -0.39 is 7.92 Å². The average Bonchev–Trinajstić information content (AvgIpc) is 2.56. The number of hydrogen-bond donors (Lipinski definition) is 0. The lowest BCUT2D eigenvalue weighted by atomic mass is 9.99. The van der Waals surface area contributed by atoms with Crippen LogP contribution in [0.4, 0.5) is 0 Å². The van der Waals surface area contributed by atoms with Gasteiger partial charge in [0.1, 0.15) is 0 Å². The molecule has 0 aromatic heterocycles. The summed E-state index contributed by atoms with van der Waals surface area (Å²) < 4.78 is 0. The van der Waals surface area contributed by atoms with Gasteiger partial charge >= 0.3 is 0 Å². The van der Waals surface area contributed by atoms with E-state index in [0.29, 0.717) is 5.52 Å². The van der Waals surface area contributed by atoms with Gasteiger partial charge in [0.25, 0.3) is 0 Å². The van der Waals surface area contributed by atoms with Crippen LogP contribution < -0.4 is 5.30 Å². The van der Waals surface area contributed by atoms with E-state index in [0.717, 1.165) is 28.4 Å². The molecule has 0 aliphatic carbocycles. The maximum atomic E-state index is 13.7. The fourth-order valence-corrected chi connectivity index (χ4v) is 6.40. The Hall–Kier alpha value is -0.980. The van der Waals surface area contributed by atoms with E-state index in [2.05, 4.69) is 74.8 Å². The Morgan fingerprint density at radius 2 is 1.71 bits per heavy atom. The van der Waals surface area contributed by atoms with Crippen LogP contribution in [0.15, 0.2) is 42.5 Å². The number of benzene rings is 2. The Labute approximate surface area is 155 Å². The van der Waals surface area contributed by atoms with Gasteiger partial charge in [0, 0.05) is 18.8 Å². The van der Waals surface area contributed by atoms with Gasteiger partial charge in [-0.25, -0.2) is 0 Å². The van der Waals surface area contributed by atoms with Gasteiger partial charge in [0.05, 0.1) is 0 Å². The Balaban J connectivity index is 2.63. The van der Waals surface area contributed by atoms with Crippen molar-refractivity contribution < 1.29 is 4.79 Å². The predicted octanol–water partition coefficient (Wildman–Crippen LogP) is 6.33. The van der Waals surface area contributed by atoms with Crippen molar-refractivity contribution in [3.05, 3.63) is 64.7 Å². The molecule has 0 radical (unpaired) electrons. The van der Waals surface area contributed by atoms with E-state index in [-0.39, 0.29) is 5.16 Å². The largest absolute Gasteiger partial charge is 0.289 e. The second-order valence-corrected chi connectivity index (χ2v) is 10.2. The first-order valence-corrected chi connectivity index (χ1v) is 10.8. The number of carbonyl (C=O) groups excluding carboxylic acids is 1. The smallest absolute Gasteiger partial charge is 0.189 e. The summed E-state index contributed by atoms with van der Waals surface area (Å²) >= 11 is 3.55. The third-order valence-electron chi connectivity index (χ3n) is 4.83. The van der Waals surface area contributed by atoms with Crippen molar-refractivity contribution in [2.24, 2.45) is 0 Å². The van der Waals surface area contributed by atoms with Crippen LogP contribution in [-0.2, 0) is 5.33 Å². The fraction of sp³-hybridized carbons (Fsp3) is 0.381. The summed E-state index contributed by atoms with van der Waals surface area (Å²) in [7, 11) is -0.941. The molecule has 0 aliphatic rings. The molecule has 1 unspecified atom stereocenters. The number of alkyl halides is 1. The molecule has 0 aliphatic heterocycles. The van der Waals surface area contributed by atoms with Crippen molar-refractivity contribution in [3.63, 3.8) is 0 Å². The number of rotatable bonds is 6. The zero-order valence-electron chi connectivity index (χ0n) is 15.2. The van der Waals surface area contributed by atoms with Crippen LogP contribution in [0.1, 0.15) is 54.2 Å². The second-order valence-electron chi connectivity index (χ2n) is 6.82. The van der Waals surface area contributed by atoms with Gasteiger partial charge in [0.15, 0.2) is 5.52 Å². The Morgan fingerprint density at radius 1 is 1.08 bits per heavy atom. The average molecular weight is 405 g/mol. The molecule has 0 N–H and O–H groups in total. The Morgan fingerprint density at radius 3 is 2.25 bits per heavy atom. The van der Waals surface area contributed by atoms with E-state index in [9.17, 15) is 4.79 Å². The highest BCUT2D eigenvalue weighted by atomic mass is 79.9. The van der Waals surface area contributed by atoms with Crippen LogP contribution in [0, 0.1) is 13.8 Å². The molecule has 2 rings (SSSR count). The van der Waals surface area contributed by atoms with Crippen molar-refractivity contribution in [1.82, 2.24) is 0 Å². The summed E-state index contributed by atoms with van der Waals surface area (Å²) in [6.45, 7) is 10.8. The topological polar surface area (TPSA) is 17.1 Å². The molecular formula is C21H26BrOP. The highest BCUT2D eigenvalue weighted by Crippen LogP contribution is 2.53. The van der Waals surface area contributed by atoms with Crippen LogP contribution in [0.2, 0.25) is 0 Å². The zero-order chi connectivity index (χ0) is 17.9. The maximum Gasteiger partial charge on any atom is 0.189 e. The number of halogens is 1. The maximum absolute atomic E-state index is 13.7. The third kappa shape index (κ3) is 3.81. The Kier molecular flexibility index (Phi) is 6.39. The molecule has 128 valence electrons. The van der Waals surface area contributed by atoms with E-state index in [4.69, 9.17) is 0 Å². The van der Waals surface area contributed by atoms with E-state index >= 15 is 0 Å². The minimum Gasteiger partial charge on any atom is -0.289 e. The SMILES string of the molecule is CCC(C)(C)P(C(=O)c1c(C)ccc(CBr)c1C)c1ccccc1. The number of hydrogen-bond acceptors (Lipinski definition) is 1. The first kappa shape index (κ1) is 19.3. The molecule has 0 spiro atoms. The summed E-state index contributed by atoms with van der Waals surface area (Å²) in [6.07, 6.45) is 0.982. The lowest BCUT2D eigenvalue weighted by Crippen LogP contribution is -2.27. The third-order valence-corrected chi connectivity index (χ3v) is 8.41. The van der Waals surface area contributed by atoms with Crippen molar-refractivity contribution in [2.45, 2.75) is 51.5 Å². The number of carbonyl (C=O) groups is 1. The minimum absolute atomic E-state index is 0.0307. The summed E-state index contributed by atoms with van der Waals surface area (Å²) in [5.74, 6) is 0. The summed E-state index contributed by atoms with van der Waals surface area (Å²) in [5, 5.41) is 1.92. The molecule has 0 bridgehead atoms. The van der Waals surface area contributed by atoms with Gasteiger partial charge in [0.2, 0.25) is 0 Å². The second kappa shape index (κ2) is 7.93. The van der Waals surface area contributed by atoms with Crippen LogP contribution in [-0.4, -0.2) is 10.7 Å². The summed E-state index contributed by atoms with van der Waals surface area (Å²) in [5.41, 5.74) is 4.62. The van der Waals surface area contributed by atoms with E-state index in [1.165, 1.54) is 10.9 Å². The van der Waals surface area contributed by atoms with Crippen molar-refractivity contribution >= 4 is 34.7 Å². The zero-order valence-corrected chi connectivity index (χ0v) is 17.7. The van der Waals surface area contributed by atoms with Crippen molar-refractivity contribution in [1.29, 1.82) is 0 Å². The number of aryl methyl sites for hydroxylation is 1. The summed E-state index contributed by atoms with van der Waals surface area (Å²) in [4.78, 5) is 13.7. The van der Waals surface area contributed by atoms with Crippen LogP contribution >= 0.6 is 23.9 Å². The van der Waals surface area contributed by atoms with E-state index in [1.54, 1.807) is 0 Å². The van der Waals surface area contributed by atoms with Crippen molar-refractivity contribution in [3.8, 4) is 0 Å². The molecule has 0 saturated carbocycles. The molecule has 1 atom stereocenters. The quantitative estimate of drug-likeness (QED) is 0.405. The Bertz CT molecular complexity index is 722. The molecule has 24 heavy (non-hydrogen) atoms. The summed E-state index contributed by atoms with van der Waals surface area (Å²) in [6, 6.07) is 14.5. The van der Waals surface area contributed by atoms with Gasteiger partial charge in [-0.3, -0.25) is 4.79 Å². The lowest BCUT2D eigenvalue weighted by molar-refractivity contribution is 0.108. The first-order chi connectivity index (χ1) is 11.3. The lowest BCUT2D eigenvalue weighted by Gasteiger charge is -2.34. The minimum atomic E-state index is -0.941. The highest BCUT2D eigenvalue weighted by Gasteiger charge is 2.36. The normalized spacial score (nSPS) is 12.9. The van der Waals surface area contributed by atoms with Crippen molar-refractivity contribution in [2.75, 3.05) is 0 Å². The molecular weight excluding hydrogens is 379 g/mol. The van der Waals surface area contributed by atoms with E-state index in [1.807, 2.05) is 18.2 Å². The molecule has 0 fully saturated rings. The molecule has 2 aromatic rings. The van der Waals surface area contributed by atoms with Gasteiger partial charge in [-0.2, -0.15) is 0 Å². The molecule has 3 heteroatoms. The predicted molar refractivity (Wildman–Crippen MR) is 110 cm³/mol. The standard InChI is InChI=1S/C21H26BrOP/c1-6-21(4,5)24(18-10-8-7-9-11-18)20(23)19-15(2)12-13-17(14-22)16(19)3/h7-13H,6,14H2,1-5H3. The molecule has 0 saturated heterocycles. The van der Waals surface area contributed by atoms with Crippen LogP contribution in [0.3, 0.4) is 0 Å². The van der Waals surface area contributed by atoms with Crippen LogP contribution in [0.25, 0.3) is 0 Å². The van der Waals surface area contributed by atoms with Gasteiger partial charge in [-0.1, -0.05) is 79.2 Å². The van der Waals surface area contributed by atoms with Gasteiger partial charge in [-0.05, 0) is 47.4 Å². The monoisotopic (exact) mass is 404 g/mol. The fourth-order valence-electron chi connectivity index (χ4n) is 2.95. The highest BCUT2D eigenvalue weighted by molar-refractivity contribution is 9.08. The molecule has 0 amide bonds. The molecule has 0 heterocycles.